The van der Waals surface area contributed by atoms with Gasteiger partial charge in [0.1, 0.15) is 0 Å². The number of aliphatic hydroxyl groups is 1. The largest absolute Gasteiger partial charge is 0.458 e. The van der Waals surface area contributed by atoms with Crippen molar-refractivity contribution in [1.82, 2.24) is 0 Å². The Labute approximate surface area is 100 Å². The van der Waals surface area contributed by atoms with Gasteiger partial charge >= 0.3 is 36.6 Å². The number of alkyl halides is 12. The van der Waals surface area contributed by atoms with Crippen LogP contribution in [0, 0.1) is 0 Å². The van der Waals surface area contributed by atoms with Gasteiger partial charge in [0.15, 0.2) is 0 Å². The highest BCUT2D eigenvalue weighted by Crippen LogP contribution is 2.51. The summed E-state index contributed by atoms with van der Waals surface area (Å²) in [6.45, 7) is 0. The maximum absolute atomic E-state index is 12.7. The highest BCUT2D eigenvalue weighted by molar-refractivity contribution is 4.90. The average molecular weight is 334 g/mol. The van der Waals surface area contributed by atoms with Gasteiger partial charge in [0.2, 0.25) is 0 Å². The van der Waals surface area contributed by atoms with Gasteiger partial charge in [0.25, 0.3) is 0 Å². The maximum atomic E-state index is 12.7. The second-order valence-electron chi connectivity index (χ2n) is 3.18. The number of ether oxygens (including phenoxy) is 1. The monoisotopic (exact) mass is 334 g/mol. The van der Waals surface area contributed by atoms with Gasteiger partial charge in [-0.2, -0.15) is 43.9 Å². The number of hydrogen-bond acceptors (Lipinski definition) is 2. The molecule has 0 bridgehead atoms. The van der Waals surface area contributed by atoms with Crippen molar-refractivity contribution in [2.75, 3.05) is 0 Å². The molecule has 0 rings (SSSR count). The number of halogens is 12. The highest BCUT2D eigenvalue weighted by Gasteiger charge is 2.79. The molecule has 0 heterocycles. The first-order chi connectivity index (χ1) is 8.40. The van der Waals surface area contributed by atoms with E-state index < -0.39 is 36.6 Å². The molecule has 1 unspecified atom stereocenters. The summed E-state index contributed by atoms with van der Waals surface area (Å²) in [4.78, 5) is 0. The summed E-state index contributed by atoms with van der Waals surface area (Å²) >= 11 is 0. The molecule has 0 spiro atoms. The van der Waals surface area contributed by atoms with Crippen LogP contribution in [0.15, 0.2) is 0 Å². The van der Waals surface area contributed by atoms with Crippen LogP contribution in [0.4, 0.5) is 52.7 Å². The normalized spacial score (nSPS) is 18.3. The molecule has 0 aliphatic carbocycles. The third-order valence-electron chi connectivity index (χ3n) is 1.68. The van der Waals surface area contributed by atoms with Crippen LogP contribution >= 0.6 is 0 Å². The zero-order valence-electron chi connectivity index (χ0n) is 8.47. The van der Waals surface area contributed by atoms with Crippen LogP contribution in [0.25, 0.3) is 0 Å². The second-order valence-corrected chi connectivity index (χ2v) is 3.18. The summed E-state index contributed by atoms with van der Waals surface area (Å²) in [6.07, 6.45) is -26.3. The predicted molar refractivity (Wildman–Crippen MR) is 34.0 cm³/mol. The van der Waals surface area contributed by atoms with Gasteiger partial charge in [-0.25, -0.2) is 8.78 Å². The summed E-state index contributed by atoms with van der Waals surface area (Å²) in [5.41, 5.74) is 0. The molecule has 1 N–H and O–H groups in total. The molecule has 0 aromatic carbocycles. The van der Waals surface area contributed by atoms with Crippen molar-refractivity contribution < 1.29 is 62.5 Å². The molecule has 1 atom stereocenters. The van der Waals surface area contributed by atoms with E-state index in [-0.39, 0.29) is 0 Å². The summed E-state index contributed by atoms with van der Waals surface area (Å²) in [7, 11) is 0. The quantitative estimate of drug-likeness (QED) is 0.782. The SMILES string of the molecule is OC(F)(F)C(F)(OC(F)(F)C(F)(F)C(F)F)C(F)(F)F. The van der Waals surface area contributed by atoms with E-state index in [0.717, 1.165) is 0 Å². The molecular weight excluding hydrogens is 332 g/mol. The van der Waals surface area contributed by atoms with Crippen molar-refractivity contribution in [2.24, 2.45) is 0 Å². The lowest BCUT2D eigenvalue weighted by Gasteiger charge is -2.35. The molecular formula is C6H2F12O2. The first-order valence-corrected chi connectivity index (χ1v) is 4.00. The van der Waals surface area contributed by atoms with Gasteiger partial charge in [-0.15, -0.1) is 0 Å². The molecule has 0 saturated heterocycles. The Morgan fingerprint density at radius 2 is 1.10 bits per heavy atom. The van der Waals surface area contributed by atoms with Crippen molar-refractivity contribution in [1.29, 1.82) is 0 Å². The highest BCUT2D eigenvalue weighted by atomic mass is 19.4. The minimum Gasteiger partial charge on any atom is -0.331 e. The van der Waals surface area contributed by atoms with Crippen LogP contribution in [0.5, 0.6) is 0 Å². The summed E-state index contributed by atoms with van der Waals surface area (Å²) in [6, 6.07) is 0. The van der Waals surface area contributed by atoms with Gasteiger partial charge in [-0.3, -0.25) is 4.74 Å². The first kappa shape index (κ1) is 19.1. The van der Waals surface area contributed by atoms with Crippen molar-refractivity contribution in [3.8, 4) is 0 Å². The lowest BCUT2D eigenvalue weighted by Crippen LogP contribution is -2.63. The molecule has 0 aliphatic heterocycles. The molecule has 0 radical (unpaired) electrons. The molecule has 122 valence electrons. The molecule has 0 aliphatic rings. The van der Waals surface area contributed by atoms with Gasteiger partial charge in [0, 0.05) is 0 Å². The van der Waals surface area contributed by atoms with Crippen LogP contribution in [0.3, 0.4) is 0 Å². The standard InChI is InChI=1S/C6H2F12O2/c7-1(8)2(9,10)6(17,18)20-3(11,4(12,13)14)5(15,16)19/h1,19H. The second kappa shape index (κ2) is 4.82. The van der Waals surface area contributed by atoms with Gasteiger partial charge < -0.3 is 5.11 Å². The zero-order chi connectivity index (χ0) is 16.8. The van der Waals surface area contributed by atoms with E-state index in [1.165, 1.54) is 4.74 Å². The Hall–Kier alpha value is -0.920. The molecule has 0 amide bonds. The van der Waals surface area contributed by atoms with E-state index in [1.807, 2.05) is 0 Å². The van der Waals surface area contributed by atoms with E-state index >= 15 is 0 Å². The Kier molecular flexibility index (Phi) is 4.60. The minimum atomic E-state index is -7.15. The molecule has 0 aromatic heterocycles. The van der Waals surface area contributed by atoms with Gasteiger partial charge in [-0.1, -0.05) is 0 Å². The molecule has 0 aromatic rings. The Bertz CT molecular complexity index is 327. The van der Waals surface area contributed by atoms with E-state index in [4.69, 9.17) is 5.11 Å². The van der Waals surface area contributed by atoms with Crippen molar-refractivity contribution in [2.45, 2.75) is 36.6 Å². The van der Waals surface area contributed by atoms with Crippen LogP contribution < -0.4 is 0 Å². The fourth-order valence-electron chi connectivity index (χ4n) is 0.661. The summed E-state index contributed by atoms with van der Waals surface area (Å²) in [5, 5.41) is 7.52. The molecule has 20 heavy (non-hydrogen) atoms. The topological polar surface area (TPSA) is 29.5 Å². The van der Waals surface area contributed by atoms with Crippen molar-refractivity contribution >= 4 is 0 Å². The molecule has 14 heteroatoms. The minimum absolute atomic E-state index is 1.53. The van der Waals surface area contributed by atoms with Gasteiger partial charge in [-0.05, 0) is 0 Å². The van der Waals surface area contributed by atoms with Crippen LogP contribution in [0.2, 0.25) is 0 Å². The summed E-state index contributed by atoms with van der Waals surface area (Å²) in [5.74, 6) is -13.8. The lowest BCUT2D eigenvalue weighted by atomic mass is 10.2. The number of rotatable bonds is 5. The molecule has 0 fully saturated rings. The Morgan fingerprint density at radius 1 is 0.750 bits per heavy atom. The zero-order valence-corrected chi connectivity index (χ0v) is 8.47. The average Bonchev–Trinajstić information content (AvgIpc) is 2.12. The van der Waals surface area contributed by atoms with E-state index in [0.29, 0.717) is 0 Å². The summed E-state index contributed by atoms with van der Waals surface area (Å²) < 4.78 is 146. The Morgan fingerprint density at radius 3 is 1.30 bits per heavy atom. The van der Waals surface area contributed by atoms with Crippen molar-refractivity contribution in [3.63, 3.8) is 0 Å². The van der Waals surface area contributed by atoms with Crippen LogP contribution in [-0.4, -0.2) is 41.7 Å². The third kappa shape index (κ3) is 3.05. The first-order valence-electron chi connectivity index (χ1n) is 4.00. The van der Waals surface area contributed by atoms with Crippen LogP contribution in [0.1, 0.15) is 0 Å². The predicted octanol–water partition coefficient (Wildman–Crippen LogP) is 3.31. The number of hydrogen-bond donors (Lipinski definition) is 1. The van der Waals surface area contributed by atoms with Crippen molar-refractivity contribution in [3.05, 3.63) is 0 Å². The molecule has 0 saturated carbocycles. The van der Waals surface area contributed by atoms with E-state index in [2.05, 4.69) is 0 Å². The fraction of sp³-hybridized carbons (Fsp3) is 1.00. The Balaban J connectivity index is 5.74. The fourth-order valence-corrected chi connectivity index (χ4v) is 0.661. The van der Waals surface area contributed by atoms with E-state index in [9.17, 15) is 52.7 Å². The van der Waals surface area contributed by atoms with Gasteiger partial charge in [0.05, 0.1) is 0 Å². The smallest absolute Gasteiger partial charge is 0.331 e. The maximum Gasteiger partial charge on any atom is 0.458 e. The molecule has 2 nitrogen and oxygen atoms in total. The van der Waals surface area contributed by atoms with E-state index in [1.54, 1.807) is 0 Å². The third-order valence-corrected chi connectivity index (χ3v) is 1.68. The van der Waals surface area contributed by atoms with Crippen LogP contribution in [-0.2, 0) is 4.74 Å². The lowest BCUT2D eigenvalue weighted by molar-refractivity contribution is -0.519.